The van der Waals surface area contributed by atoms with Crippen LogP contribution in [-0.2, 0) is 33.2 Å². The second-order valence-corrected chi connectivity index (χ2v) is 8.86. The molecule has 0 unspecified atom stereocenters. The first-order valence-corrected chi connectivity index (χ1v) is 10.2. The standard InChI is InChI=1S/C22H28O8/c1-12-6-8-13(9-7-12)14(23)10-16(24)26-18-17(15-11-25-21(2,3)28-15)27-20-19(18)29-22(4,5)30-20/h6-9,15,17-20H,10-11H2,1-5H3/t15-,17-,18+,19-,20-/m1/s1. The minimum absolute atomic E-state index is 0.289. The van der Waals surface area contributed by atoms with Crippen molar-refractivity contribution < 1.29 is 38.0 Å². The van der Waals surface area contributed by atoms with Crippen molar-refractivity contribution in [3.05, 3.63) is 35.4 Å². The molecule has 4 rings (SSSR count). The summed E-state index contributed by atoms with van der Waals surface area (Å²) < 4.78 is 35.0. The molecule has 164 valence electrons. The van der Waals surface area contributed by atoms with Crippen molar-refractivity contribution in [3.8, 4) is 0 Å². The smallest absolute Gasteiger partial charge is 0.314 e. The Kier molecular flexibility index (Phi) is 5.48. The molecule has 0 aliphatic carbocycles. The second-order valence-electron chi connectivity index (χ2n) is 8.86. The predicted octanol–water partition coefficient (Wildman–Crippen LogP) is 2.51. The molecule has 0 saturated carbocycles. The van der Waals surface area contributed by atoms with Crippen LogP contribution < -0.4 is 0 Å². The number of carbonyl (C=O) groups excluding carboxylic acids is 2. The van der Waals surface area contributed by atoms with Crippen molar-refractivity contribution >= 4 is 11.8 Å². The maximum Gasteiger partial charge on any atom is 0.314 e. The molecule has 0 amide bonds. The Morgan fingerprint density at radius 3 is 2.33 bits per heavy atom. The third kappa shape index (κ3) is 4.43. The molecule has 0 aromatic heterocycles. The number of hydrogen-bond donors (Lipinski definition) is 0. The van der Waals surface area contributed by atoms with Crippen molar-refractivity contribution in [2.24, 2.45) is 0 Å². The van der Waals surface area contributed by atoms with Crippen LogP contribution in [-0.4, -0.2) is 60.6 Å². The molecule has 3 fully saturated rings. The van der Waals surface area contributed by atoms with E-state index in [9.17, 15) is 9.59 Å². The van der Waals surface area contributed by atoms with Crippen LogP contribution in [0.25, 0.3) is 0 Å². The SMILES string of the molecule is Cc1ccc(C(=O)CC(=O)O[C@@H]2[C@H]3OC(C)(C)O[C@H]3O[C@@H]2[C@H]2COC(C)(C)O2)cc1. The van der Waals surface area contributed by atoms with Gasteiger partial charge in [-0.25, -0.2) is 0 Å². The fourth-order valence-corrected chi connectivity index (χ4v) is 3.98. The summed E-state index contributed by atoms with van der Waals surface area (Å²) in [4.78, 5) is 25.1. The van der Waals surface area contributed by atoms with Gasteiger partial charge in [0.25, 0.3) is 0 Å². The Hall–Kier alpha value is -1.84. The fourth-order valence-electron chi connectivity index (χ4n) is 3.98. The van der Waals surface area contributed by atoms with Gasteiger partial charge in [0, 0.05) is 5.56 Å². The number of ether oxygens (including phenoxy) is 6. The summed E-state index contributed by atoms with van der Waals surface area (Å²) in [5.74, 6) is -2.58. The van der Waals surface area contributed by atoms with Gasteiger partial charge in [-0.1, -0.05) is 29.8 Å². The number of aryl methyl sites for hydroxylation is 1. The summed E-state index contributed by atoms with van der Waals surface area (Å²) in [5.41, 5.74) is 1.50. The highest BCUT2D eigenvalue weighted by molar-refractivity contribution is 6.05. The van der Waals surface area contributed by atoms with Gasteiger partial charge < -0.3 is 28.4 Å². The van der Waals surface area contributed by atoms with Gasteiger partial charge in [0.15, 0.2) is 35.9 Å². The topological polar surface area (TPSA) is 89.5 Å². The van der Waals surface area contributed by atoms with Crippen LogP contribution in [0, 0.1) is 6.92 Å². The highest BCUT2D eigenvalue weighted by Gasteiger charge is 2.60. The van der Waals surface area contributed by atoms with E-state index >= 15 is 0 Å². The Morgan fingerprint density at radius 2 is 1.70 bits per heavy atom. The van der Waals surface area contributed by atoms with Crippen molar-refractivity contribution in [3.63, 3.8) is 0 Å². The van der Waals surface area contributed by atoms with E-state index in [0.717, 1.165) is 5.56 Å². The van der Waals surface area contributed by atoms with E-state index in [4.69, 9.17) is 28.4 Å². The van der Waals surface area contributed by atoms with Crippen LogP contribution in [0.3, 0.4) is 0 Å². The third-order valence-corrected chi connectivity index (χ3v) is 5.37. The molecule has 0 spiro atoms. The van der Waals surface area contributed by atoms with Crippen LogP contribution in [0.1, 0.15) is 50.0 Å². The molecule has 1 aromatic carbocycles. The van der Waals surface area contributed by atoms with Gasteiger partial charge in [-0.3, -0.25) is 9.59 Å². The number of esters is 1. The van der Waals surface area contributed by atoms with Gasteiger partial charge in [-0.2, -0.15) is 0 Å². The first-order chi connectivity index (χ1) is 14.0. The molecule has 1 aromatic rings. The predicted molar refractivity (Wildman–Crippen MR) is 104 cm³/mol. The lowest BCUT2D eigenvalue weighted by Gasteiger charge is -2.28. The zero-order valence-electron chi connectivity index (χ0n) is 17.9. The van der Waals surface area contributed by atoms with E-state index in [1.54, 1.807) is 39.8 Å². The highest BCUT2D eigenvalue weighted by Crippen LogP contribution is 2.42. The van der Waals surface area contributed by atoms with Gasteiger partial charge in [0.05, 0.1) is 6.61 Å². The number of fused-ring (bicyclic) bond motifs is 1. The number of rotatable bonds is 5. The number of ketones is 1. The normalized spacial score (nSPS) is 34.0. The van der Waals surface area contributed by atoms with Gasteiger partial charge in [0.2, 0.25) is 0 Å². The van der Waals surface area contributed by atoms with Crippen molar-refractivity contribution in [2.75, 3.05) is 6.61 Å². The molecule has 8 heteroatoms. The molecule has 5 atom stereocenters. The van der Waals surface area contributed by atoms with Crippen LogP contribution in [0.4, 0.5) is 0 Å². The summed E-state index contributed by atoms with van der Waals surface area (Å²) in [6.45, 7) is 9.36. The zero-order valence-corrected chi connectivity index (χ0v) is 17.9. The zero-order chi connectivity index (χ0) is 21.7. The largest absolute Gasteiger partial charge is 0.456 e. The molecule has 0 N–H and O–H groups in total. The van der Waals surface area contributed by atoms with Crippen LogP contribution in [0.2, 0.25) is 0 Å². The molecule has 3 aliphatic heterocycles. The fraction of sp³-hybridized carbons (Fsp3) is 0.636. The van der Waals surface area contributed by atoms with E-state index < -0.39 is 48.2 Å². The Labute approximate surface area is 175 Å². The lowest BCUT2D eigenvalue weighted by atomic mass is 10.0. The van der Waals surface area contributed by atoms with E-state index in [2.05, 4.69) is 0 Å². The molecule has 8 nitrogen and oxygen atoms in total. The van der Waals surface area contributed by atoms with E-state index in [0.29, 0.717) is 5.56 Å². The van der Waals surface area contributed by atoms with Crippen molar-refractivity contribution in [1.82, 2.24) is 0 Å². The van der Waals surface area contributed by atoms with Crippen LogP contribution in [0.5, 0.6) is 0 Å². The maximum absolute atomic E-state index is 12.6. The lowest BCUT2D eigenvalue weighted by Crippen LogP contribution is -2.45. The van der Waals surface area contributed by atoms with E-state index in [1.807, 2.05) is 19.1 Å². The van der Waals surface area contributed by atoms with Crippen molar-refractivity contribution in [1.29, 1.82) is 0 Å². The minimum atomic E-state index is -0.866. The molecule has 3 saturated heterocycles. The summed E-state index contributed by atoms with van der Waals surface area (Å²) in [6.07, 6.45) is -3.54. The lowest BCUT2D eigenvalue weighted by molar-refractivity contribution is -0.235. The van der Waals surface area contributed by atoms with E-state index in [-0.39, 0.29) is 18.8 Å². The Balaban J connectivity index is 1.46. The molecular formula is C22H28O8. The summed E-state index contributed by atoms with van der Waals surface area (Å²) >= 11 is 0. The molecular weight excluding hydrogens is 392 g/mol. The van der Waals surface area contributed by atoms with Crippen LogP contribution in [0.15, 0.2) is 24.3 Å². The van der Waals surface area contributed by atoms with E-state index in [1.165, 1.54) is 0 Å². The molecule has 0 bridgehead atoms. The van der Waals surface area contributed by atoms with Gasteiger partial charge in [-0.15, -0.1) is 0 Å². The van der Waals surface area contributed by atoms with Gasteiger partial charge >= 0.3 is 5.97 Å². The number of benzene rings is 1. The average Bonchev–Trinajstić information content (AvgIpc) is 3.25. The summed E-state index contributed by atoms with van der Waals surface area (Å²) in [7, 11) is 0. The van der Waals surface area contributed by atoms with Crippen LogP contribution >= 0.6 is 0 Å². The van der Waals surface area contributed by atoms with Gasteiger partial charge in [-0.05, 0) is 34.6 Å². The number of carbonyl (C=O) groups is 2. The second kappa shape index (κ2) is 7.69. The Morgan fingerprint density at radius 1 is 1.00 bits per heavy atom. The molecule has 0 radical (unpaired) electrons. The number of Topliss-reactive ketones (excluding diaryl/α,β-unsaturated/α-hetero) is 1. The molecule has 3 heterocycles. The average molecular weight is 420 g/mol. The Bertz CT molecular complexity index is 815. The number of hydrogen-bond acceptors (Lipinski definition) is 8. The monoisotopic (exact) mass is 420 g/mol. The minimum Gasteiger partial charge on any atom is -0.456 e. The first kappa shape index (κ1) is 21.4. The molecule has 30 heavy (non-hydrogen) atoms. The summed E-state index contributed by atoms with van der Waals surface area (Å²) in [5, 5.41) is 0. The molecule has 3 aliphatic rings. The quantitative estimate of drug-likeness (QED) is 0.408. The highest BCUT2D eigenvalue weighted by atomic mass is 16.8. The van der Waals surface area contributed by atoms with Crippen molar-refractivity contribution in [2.45, 2.75) is 83.3 Å². The van der Waals surface area contributed by atoms with Gasteiger partial charge in [0.1, 0.15) is 18.6 Å². The first-order valence-electron chi connectivity index (χ1n) is 10.2. The third-order valence-electron chi connectivity index (χ3n) is 5.37. The summed E-state index contributed by atoms with van der Waals surface area (Å²) in [6, 6.07) is 7.05. The maximum atomic E-state index is 12.6.